The van der Waals surface area contributed by atoms with E-state index in [-0.39, 0.29) is 11.9 Å². The summed E-state index contributed by atoms with van der Waals surface area (Å²) in [6.45, 7) is 10.0. The average molecular weight is 263 g/mol. The molecule has 0 atom stereocenters. The fraction of sp³-hybridized carbons (Fsp3) is 0.533. The number of hydrogen-bond acceptors (Lipinski definition) is 3. The summed E-state index contributed by atoms with van der Waals surface area (Å²) in [5, 5.41) is 2.91. The van der Waals surface area contributed by atoms with Gasteiger partial charge in [0, 0.05) is 18.3 Å². The number of nitrogen functional groups attached to an aromatic ring is 1. The van der Waals surface area contributed by atoms with Crippen LogP contribution in [0.5, 0.6) is 0 Å². The fourth-order valence-electron chi connectivity index (χ4n) is 1.97. The summed E-state index contributed by atoms with van der Waals surface area (Å²) in [6, 6.07) is 6.11. The molecule has 0 aliphatic carbocycles. The number of likely N-dealkylation sites (N-methyl/N-ethyl adjacent to an activating group) is 1. The van der Waals surface area contributed by atoms with Gasteiger partial charge in [0.05, 0.1) is 6.54 Å². The van der Waals surface area contributed by atoms with Crippen molar-refractivity contribution in [3.8, 4) is 0 Å². The number of nitrogens with two attached hydrogens (primary N) is 1. The van der Waals surface area contributed by atoms with Gasteiger partial charge in [0.2, 0.25) is 5.91 Å². The van der Waals surface area contributed by atoms with Crippen LogP contribution in [0.4, 0.5) is 5.69 Å². The number of carbonyl (C=O) groups is 1. The van der Waals surface area contributed by atoms with E-state index in [2.05, 4.69) is 23.2 Å². The highest BCUT2D eigenvalue weighted by Gasteiger charge is 2.12. The molecule has 1 rings (SSSR count). The van der Waals surface area contributed by atoms with Crippen molar-refractivity contribution in [2.45, 2.75) is 40.3 Å². The van der Waals surface area contributed by atoms with Gasteiger partial charge in [0.1, 0.15) is 0 Å². The summed E-state index contributed by atoms with van der Waals surface area (Å²) in [6.07, 6.45) is 0. The third-order valence-electron chi connectivity index (χ3n) is 3.15. The van der Waals surface area contributed by atoms with Gasteiger partial charge in [0.25, 0.3) is 0 Å². The Morgan fingerprint density at radius 2 is 2.11 bits per heavy atom. The van der Waals surface area contributed by atoms with Crippen LogP contribution in [-0.2, 0) is 11.3 Å². The van der Waals surface area contributed by atoms with Gasteiger partial charge in [-0.05, 0) is 44.5 Å². The van der Waals surface area contributed by atoms with Crippen molar-refractivity contribution in [1.82, 2.24) is 10.2 Å². The Bertz CT molecular complexity index is 429. The number of hydrogen-bond donors (Lipinski definition) is 2. The molecular weight excluding hydrogens is 238 g/mol. The zero-order valence-electron chi connectivity index (χ0n) is 12.4. The van der Waals surface area contributed by atoms with Gasteiger partial charge >= 0.3 is 0 Å². The molecule has 0 aromatic heterocycles. The molecule has 4 heteroatoms. The molecule has 0 saturated carbocycles. The highest BCUT2D eigenvalue weighted by Crippen LogP contribution is 2.17. The van der Waals surface area contributed by atoms with Gasteiger partial charge in [-0.15, -0.1) is 0 Å². The summed E-state index contributed by atoms with van der Waals surface area (Å²) in [5.41, 5.74) is 8.99. The maximum absolute atomic E-state index is 11.8. The van der Waals surface area contributed by atoms with Crippen molar-refractivity contribution in [3.63, 3.8) is 0 Å². The summed E-state index contributed by atoms with van der Waals surface area (Å²) < 4.78 is 0. The summed E-state index contributed by atoms with van der Waals surface area (Å²) >= 11 is 0. The van der Waals surface area contributed by atoms with Crippen LogP contribution in [0.15, 0.2) is 18.2 Å². The van der Waals surface area contributed by atoms with E-state index in [0.717, 1.165) is 24.3 Å². The number of rotatable bonds is 6. The smallest absolute Gasteiger partial charge is 0.234 e. The van der Waals surface area contributed by atoms with Gasteiger partial charge in [-0.1, -0.05) is 19.1 Å². The molecule has 0 aliphatic heterocycles. The second kappa shape index (κ2) is 7.14. The Hall–Kier alpha value is -1.55. The van der Waals surface area contributed by atoms with Crippen LogP contribution in [0.1, 0.15) is 31.9 Å². The molecule has 19 heavy (non-hydrogen) atoms. The zero-order valence-corrected chi connectivity index (χ0v) is 12.4. The van der Waals surface area contributed by atoms with Crippen molar-refractivity contribution in [1.29, 1.82) is 0 Å². The van der Waals surface area contributed by atoms with Crippen molar-refractivity contribution in [2.75, 3.05) is 18.8 Å². The summed E-state index contributed by atoms with van der Waals surface area (Å²) in [7, 11) is 0. The molecule has 0 fully saturated rings. The van der Waals surface area contributed by atoms with Crippen molar-refractivity contribution in [3.05, 3.63) is 29.3 Å². The molecule has 0 spiro atoms. The Morgan fingerprint density at radius 3 is 2.68 bits per heavy atom. The lowest BCUT2D eigenvalue weighted by atomic mass is 10.1. The van der Waals surface area contributed by atoms with E-state index in [1.807, 2.05) is 32.9 Å². The Balaban J connectivity index is 2.66. The summed E-state index contributed by atoms with van der Waals surface area (Å²) in [5.74, 6) is 0.0680. The number of amides is 1. The van der Waals surface area contributed by atoms with Crippen molar-refractivity contribution in [2.24, 2.45) is 0 Å². The molecule has 1 amide bonds. The van der Waals surface area contributed by atoms with Crippen LogP contribution in [0.2, 0.25) is 0 Å². The lowest BCUT2D eigenvalue weighted by Crippen LogP contribution is -2.39. The monoisotopic (exact) mass is 263 g/mol. The third kappa shape index (κ3) is 4.91. The van der Waals surface area contributed by atoms with Gasteiger partial charge in [-0.3, -0.25) is 9.69 Å². The molecule has 1 aromatic rings. The van der Waals surface area contributed by atoms with Crippen LogP contribution in [-0.4, -0.2) is 29.9 Å². The number of nitrogens with one attached hydrogen (secondary N) is 1. The van der Waals surface area contributed by atoms with E-state index in [9.17, 15) is 4.79 Å². The average Bonchev–Trinajstić information content (AvgIpc) is 2.32. The second-order valence-corrected chi connectivity index (χ2v) is 5.16. The minimum Gasteiger partial charge on any atom is -0.399 e. The first-order valence-corrected chi connectivity index (χ1v) is 6.79. The Kier molecular flexibility index (Phi) is 5.83. The molecule has 1 aromatic carbocycles. The first-order chi connectivity index (χ1) is 8.93. The first-order valence-electron chi connectivity index (χ1n) is 6.79. The van der Waals surface area contributed by atoms with E-state index in [4.69, 9.17) is 5.73 Å². The molecule has 0 unspecified atom stereocenters. The van der Waals surface area contributed by atoms with Crippen LogP contribution in [0, 0.1) is 6.92 Å². The lowest BCUT2D eigenvalue weighted by molar-refractivity contribution is -0.122. The van der Waals surface area contributed by atoms with Gasteiger partial charge in [-0.2, -0.15) is 0 Å². The lowest BCUT2D eigenvalue weighted by Gasteiger charge is -2.22. The van der Waals surface area contributed by atoms with E-state index in [1.165, 1.54) is 5.56 Å². The van der Waals surface area contributed by atoms with E-state index < -0.39 is 0 Å². The molecule has 0 saturated heterocycles. The van der Waals surface area contributed by atoms with Crippen molar-refractivity contribution < 1.29 is 4.79 Å². The highest BCUT2D eigenvalue weighted by atomic mass is 16.2. The molecule has 0 bridgehead atoms. The zero-order chi connectivity index (χ0) is 14.4. The molecule has 4 nitrogen and oxygen atoms in total. The number of carbonyl (C=O) groups excluding carboxylic acids is 1. The Morgan fingerprint density at radius 1 is 1.42 bits per heavy atom. The maximum Gasteiger partial charge on any atom is 0.234 e. The SMILES string of the molecule is CCN(CC(=O)NC(C)C)Cc1cccc(N)c1C. The minimum atomic E-state index is 0.0680. The van der Waals surface area contributed by atoms with Crippen molar-refractivity contribution >= 4 is 11.6 Å². The molecular formula is C15H25N3O. The van der Waals surface area contributed by atoms with Crippen LogP contribution < -0.4 is 11.1 Å². The van der Waals surface area contributed by atoms with E-state index in [0.29, 0.717) is 6.54 Å². The maximum atomic E-state index is 11.8. The predicted octanol–water partition coefficient (Wildman–Crippen LogP) is 1.92. The van der Waals surface area contributed by atoms with Crippen LogP contribution in [0.3, 0.4) is 0 Å². The second-order valence-electron chi connectivity index (χ2n) is 5.16. The largest absolute Gasteiger partial charge is 0.399 e. The highest BCUT2D eigenvalue weighted by molar-refractivity contribution is 5.78. The molecule has 0 aliphatic rings. The number of anilines is 1. The standard InChI is InChI=1S/C15H25N3O/c1-5-18(10-15(19)17-11(2)3)9-13-7-6-8-14(16)12(13)4/h6-8,11H,5,9-10,16H2,1-4H3,(H,17,19). The predicted molar refractivity (Wildman–Crippen MR) is 79.8 cm³/mol. The molecule has 0 radical (unpaired) electrons. The van der Waals surface area contributed by atoms with Crippen LogP contribution in [0.25, 0.3) is 0 Å². The number of benzene rings is 1. The van der Waals surface area contributed by atoms with Gasteiger partial charge in [-0.25, -0.2) is 0 Å². The van der Waals surface area contributed by atoms with E-state index >= 15 is 0 Å². The first kappa shape index (κ1) is 15.5. The minimum absolute atomic E-state index is 0.0680. The normalized spacial score (nSPS) is 11.1. The van der Waals surface area contributed by atoms with Crippen LogP contribution >= 0.6 is 0 Å². The van der Waals surface area contributed by atoms with Gasteiger partial charge < -0.3 is 11.1 Å². The fourth-order valence-corrected chi connectivity index (χ4v) is 1.97. The Labute approximate surface area is 116 Å². The van der Waals surface area contributed by atoms with E-state index in [1.54, 1.807) is 0 Å². The number of nitrogens with zero attached hydrogens (tertiary/aromatic N) is 1. The topological polar surface area (TPSA) is 58.4 Å². The molecule has 3 N–H and O–H groups in total. The third-order valence-corrected chi connectivity index (χ3v) is 3.15. The molecule has 106 valence electrons. The molecule has 0 heterocycles. The summed E-state index contributed by atoms with van der Waals surface area (Å²) in [4.78, 5) is 13.9. The quantitative estimate of drug-likeness (QED) is 0.771. The van der Waals surface area contributed by atoms with Gasteiger partial charge in [0.15, 0.2) is 0 Å².